The van der Waals surface area contributed by atoms with Crippen LogP contribution in [0.2, 0.25) is 0 Å². The van der Waals surface area contributed by atoms with Crippen molar-refractivity contribution in [3.63, 3.8) is 0 Å². The van der Waals surface area contributed by atoms with Gasteiger partial charge in [0.05, 0.1) is 0 Å². The second-order valence-corrected chi connectivity index (χ2v) is 5.72. The molecule has 1 aromatic carbocycles. The summed E-state index contributed by atoms with van der Waals surface area (Å²) in [5, 5.41) is 3.27. The predicted molar refractivity (Wildman–Crippen MR) is 85.3 cm³/mol. The molecule has 0 radical (unpaired) electrons. The molecular formula is C11H17B4NO3. The fourth-order valence-electron chi connectivity index (χ4n) is 2.37. The highest BCUT2D eigenvalue weighted by atomic mass is 16.7. The van der Waals surface area contributed by atoms with Gasteiger partial charge in [0.25, 0.3) is 0 Å². The molecule has 19 heavy (non-hydrogen) atoms. The molecule has 2 rings (SSSR count). The number of carbonyl (C=O) groups is 1. The molecule has 8 heteroatoms. The molecule has 1 aromatic rings. The molecule has 1 heterocycles. The Morgan fingerprint density at radius 1 is 1.37 bits per heavy atom. The van der Waals surface area contributed by atoms with Crippen LogP contribution in [-0.4, -0.2) is 54.6 Å². The fraction of sp³-hybridized carbons (Fsp3) is 0.364. The monoisotopic (exact) mass is 255 g/mol. The quantitative estimate of drug-likeness (QED) is 0.461. The molecule has 0 saturated carbocycles. The zero-order valence-corrected chi connectivity index (χ0v) is 12.1. The maximum Gasteiger partial charge on any atom is 0.207 e. The molecule has 1 N–H and O–H groups in total. The maximum absolute atomic E-state index is 12.5. The SMILES string of the molecule is BC(B)NC(B)(C)C(=O)c1ccc2c(c1)OC(B)O2. The van der Waals surface area contributed by atoms with E-state index in [0.29, 0.717) is 17.1 Å². The zero-order chi connectivity index (χ0) is 14.2. The lowest BCUT2D eigenvalue weighted by molar-refractivity contribution is 0.0928. The summed E-state index contributed by atoms with van der Waals surface area (Å²) in [5.41, 5.74) is 0.0302. The molecule has 0 aromatic heterocycles. The van der Waals surface area contributed by atoms with Crippen LogP contribution in [0.25, 0.3) is 0 Å². The summed E-state index contributed by atoms with van der Waals surface area (Å²) in [6.07, 6.45) is -0.290. The number of ketones is 1. The third-order valence-corrected chi connectivity index (χ3v) is 3.01. The van der Waals surface area contributed by atoms with E-state index < -0.39 is 5.44 Å². The predicted octanol–water partition coefficient (Wildman–Crippen LogP) is -2.95. The molecule has 1 aliphatic heterocycles. The smallest absolute Gasteiger partial charge is 0.207 e. The van der Waals surface area contributed by atoms with Crippen LogP contribution < -0.4 is 14.8 Å². The van der Waals surface area contributed by atoms with E-state index in [2.05, 4.69) is 5.32 Å². The molecule has 2 unspecified atom stereocenters. The molecule has 2 atom stereocenters. The first kappa shape index (κ1) is 14.1. The summed E-state index contributed by atoms with van der Waals surface area (Å²) in [6, 6.07) is 5.33. The first-order chi connectivity index (χ1) is 8.79. The van der Waals surface area contributed by atoms with Gasteiger partial charge in [-0.2, -0.15) is 0 Å². The van der Waals surface area contributed by atoms with E-state index >= 15 is 0 Å². The largest absolute Gasteiger partial charge is 0.460 e. The van der Waals surface area contributed by atoms with Gasteiger partial charge in [-0.1, -0.05) is 5.84 Å². The second-order valence-electron chi connectivity index (χ2n) is 5.72. The van der Waals surface area contributed by atoms with E-state index in [1.54, 1.807) is 18.2 Å². The lowest BCUT2D eigenvalue weighted by atomic mass is 9.69. The summed E-state index contributed by atoms with van der Waals surface area (Å²) >= 11 is 0. The van der Waals surface area contributed by atoms with Gasteiger partial charge in [-0.15, -0.1) is 0 Å². The molecule has 1 aliphatic rings. The van der Waals surface area contributed by atoms with Crippen LogP contribution in [0.1, 0.15) is 17.3 Å². The minimum atomic E-state index is -0.604. The number of ether oxygens (including phenoxy) is 2. The number of fused-ring (bicyclic) bond motifs is 1. The first-order valence-electron chi connectivity index (χ1n) is 6.59. The Morgan fingerprint density at radius 3 is 2.63 bits per heavy atom. The molecule has 0 spiro atoms. The van der Waals surface area contributed by atoms with Crippen molar-refractivity contribution in [1.82, 2.24) is 5.32 Å². The highest BCUT2D eigenvalue weighted by molar-refractivity contribution is 6.38. The first-order valence-corrected chi connectivity index (χ1v) is 6.59. The third kappa shape index (κ3) is 3.00. The summed E-state index contributed by atoms with van der Waals surface area (Å²) in [5.74, 6) is 1.62. The van der Waals surface area contributed by atoms with E-state index in [0.717, 1.165) is 0 Å². The standard InChI is InChI=1S/C11H17B4NO3/c1-11(15,16-9(12)13)8(17)5-2-3-6-7(4-5)19-10(14)18-6/h2-4,9-10,16H,12-15H2,1H3. The summed E-state index contributed by atoms with van der Waals surface area (Å²) in [6.45, 7) is 1.89. The number of hydrogen-bond acceptors (Lipinski definition) is 4. The van der Waals surface area contributed by atoms with Crippen LogP contribution in [0.4, 0.5) is 0 Å². The van der Waals surface area contributed by atoms with E-state index in [9.17, 15) is 4.79 Å². The molecule has 0 bridgehead atoms. The lowest BCUT2D eigenvalue weighted by Gasteiger charge is -2.28. The number of Topliss-reactive ketones (excluding diaryl/α,β-unsaturated/α-hetero) is 1. The maximum atomic E-state index is 12.5. The van der Waals surface area contributed by atoms with Crippen LogP contribution >= 0.6 is 0 Å². The van der Waals surface area contributed by atoms with Gasteiger partial charge in [0.1, 0.15) is 23.5 Å². The average Bonchev–Trinajstić information content (AvgIpc) is 2.65. The highest BCUT2D eigenvalue weighted by Crippen LogP contribution is 2.35. The molecule has 0 fully saturated rings. The van der Waals surface area contributed by atoms with Crippen molar-refractivity contribution in [1.29, 1.82) is 0 Å². The van der Waals surface area contributed by atoms with Gasteiger partial charge in [-0.3, -0.25) is 4.79 Å². The Balaban J connectivity index is 2.23. The van der Waals surface area contributed by atoms with Crippen molar-refractivity contribution < 1.29 is 14.3 Å². The van der Waals surface area contributed by atoms with Gasteiger partial charge in [0.2, 0.25) is 7.85 Å². The number of rotatable bonds is 4. The minimum absolute atomic E-state index is 0.0483. The summed E-state index contributed by atoms with van der Waals surface area (Å²) < 4.78 is 10.9. The normalized spacial score (nSPS) is 20.2. The van der Waals surface area contributed by atoms with E-state index in [-0.39, 0.29) is 17.8 Å². The zero-order valence-electron chi connectivity index (χ0n) is 12.1. The topological polar surface area (TPSA) is 47.6 Å². The van der Waals surface area contributed by atoms with Crippen molar-refractivity contribution in [2.45, 2.75) is 24.4 Å². The Kier molecular flexibility index (Phi) is 3.72. The van der Waals surface area contributed by atoms with Crippen molar-refractivity contribution in [2.24, 2.45) is 0 Å². The summed E-state index contributed by atoms with van der Waals surface area (Å²) in [7, 11) is 7.76. The van der Waals surface area contributed by atoms with Crippen LogP contribution in [0.5, 0.6) is 11.5 Å². The van der Waals surface area contributed by atoms with Gasteiger partial charge in [-0.05, 0) is 25.1 Å². The molecule has 0 saturated heterocycles. The van der Waals surface area contributed by atoms with Crippen LogP contribution in [0, 0.1) is 0 Å². The Hall–Kier alpha value is -1.29. The number of carbonyl (C=O) groups excluding carboxylic acids is 1. The van der Waals surface area contributed by atoms with Crippen LogP contribution in [0.3, 0.4) is 0 Å². The average molecular weight is 255 g/mol. The second kappa shape index (κ2) is 5.00. The van der Waals surface area contributed by atoms with E-state index in [1.807, 2.05) is 38.3 Å². The summed E-state index contributed by atoms with van der Waals surface area (Å²) in [4.78, 5) is 12.5. The van der Waals surface area contributed by atoms with Gasteiger partial charge < -0.3 is 14.8 Å². The van der Waals surface area contributed by atoms with Gasteiger partial charge in [0.15, 0.2) is 23.5 Å². The number of hydrogen-bond donors (Lipinski definition) is 1. The van der Waals surface area contributed by atoms with Crippen molar-refractivity contribution in [3.8, 4) is 11.5 Å². The van der Waals surface area contributed by atoms with Crippen molar-refractivity contribution >= 4 is 37.2 Å². The number of benzene rings is 1. The Bertz CT molecular complexity index is 507. The molecular weight excluding hydrogens is 237 g/mol. The van der Waals surface area contributed by atoms with Crippen LogP contribution in [0.15, 0.2) is 18.2 Å². The van der Waals surface area contributed by atoms with E-state index in [4.69, 9.17) is 9.47 Å². The van der Waals surface area contributed by atoms with Gasteiger partial charge in [0, 0.05) is 11.0 Å². The van der Waals surface area contributed by atoms with E-state index in [1.165, 1.54) is 0 Å². The minimum Gasteiger partial charge on any atom is -0.460 e. The van der Waals surface area contributed by atoms with Gasteiger partial charge >= 0.3 is 0 Å². The molecule has 96 valence electrons. The lowest BCUT2D eigenvalue weighted by Crippen LogP contribution is -2.54. The molecule has 0 aliphatic carbocycles. The molecule has 0 amide bonds. The van der Waals surface area contributed by atoms with Crippen molar-refractivity contribution in [3.05, 3.63) is 23.8 Å². The molecule has 4 nitrogen and oxygen atoms in total. The number of nitrogens with one attached hydrogen (secondary N) is 1. The van der Waals surface area contributed by atoms with Gasteiger partial charge in [-0.25, -0.2) is 0 Å². The van der Waals surface area contributed by atoms with Crippen LogP contribution in [-0.2, 0) is 0 Å². The Morgan fingerprint density at radius 2 is 2.00 bits per heavy atom. The van der Waals surface area contributed by atoms with Crippen molar-refractivity contribution in [2.75, 3.05) is 0 Å². The highest BCUT2D eigenvalue weighted by Gasteiger charge is 2.30. The Labute approximate surface area is 117 Å². The fourth-order valence-corrected chi connectivity index (χ4v) is 2.37. The third-order valence-electron chi connectivity index (χ3n) is 3.01.